The Bertz CT molecular complexity index is 559. The number of nitrogens with two attached hydrogens (primary N) is 1. The van der Waals surface area contributed by atoms with Crippen molar-refractivity contribution >= 4 is 34.5 Å². The van der Waals surface area contributed by atoms with E-state index in [2.05, 4.69) is 11.9 Å². The molecule has 0 saturated carbocycles. The minimum Gasteiger partial charge on any atom is -0.492 e. The van der Waals surface area contributed by atoms with E-state index in [0.717, 1.165) is 17.5 Å². The van der Waals surface area contributed by atoms with Gasteiger partial charge in [-0.1, -0.05) is 30.1 Å². The summed E-state index contributed by atoms with van der Waals surface area (Å²) in [5.41, 5.74) is 7.86. The summed E-state index contributed by atoms with van der Waals surface area (Å²) in [6, 6.07) is 3.32. The van der Waals surface area contributed by atoms with E-state index >= 15 is 0 Å². The fraction of sp³-hybridized carbons (Fsp3) is 0.308. The summed E-state index contributed by atoms with van der Waals surface area (Å²) >= 11 is 13.4. The molecule has 0 amide bonds. The Labute approximate surface area is 126 Å². The zero-order valence-electron chi connectivity index (χ0n) is 10.4. The average molecular weight is 317 g/mol. The van der Waals surface area contributed by atoms with Crippen molar-refractivity contribution in [3.63, 3.8) is 0 Å². The van der Waals surface area contributed by atoms with Crippen LogP contribution in [0.25, 0.3) is 0 Å². The van der Waals surface area contributed by atoms with Gasteiger partial charge in [0, 0.05) is 11.8 Å². The molecule has 2 heterocycles. The third-order valence-electron chi connectivity index (χ3n) is 2.58. The molecule has 6 heteroatoms. The van der Waals surface area contributed by atoms with Gasteiger partial charge < -0.3 is 10.5 Å². The first-order valence-electron chi connectivity index (χ1n) is 5.90. The number of pyridine rings is 1. The number of halogens is 2. The first-order chi connectivity index (χ1) is 9.11. The molecule has 0 bridgehead atoms. The maximum Gasteiger partial charge on any atom is 0.137 e. The number of hydrogen-bond donors (Lipinski definition) is 1. The van der Waals surface area contributed by atoms with Gasteiger partial charge in [-0.05, 0) is 24.1 Å². The highest BCUT2D eigenvalue weighted by atomic mass is 35.5. The van der Waals surface area contributed by atoms with E-state index in [4.69, 9.17) is 33.7 Å². The second-order valence-corrected chi connectivity index (χ2v) is 6.35. The minimum absolute atomic E-state index is 0.353. The van der Waals surface area contributed by atoms with E-state index in [-0.39, 0.29) is 6.04 Å². The van der Waals surface area contributed by atoms with Crippen LogP contribution >= 0.6 is 34.5 Å². The predicted molar refractivity (Wildman–Crippen MR) is 80.4 cm³/mol. The number of thiophene rings is 1. The zero-order valence-corrected chi connectivity index (χ0v) is 12.7. The Morgan fingerprint density at radius 2 is 2.16 bits per heavy atom. The molecule has 0 aliphatic rings. The van der Waals surface area contributed by atoms with Gasteiger partial charge >= 0.3 is 0 Å². The standard InChI is InChI=1S/C13H14Cl2N2OS/c1-2-3-18-9-4-8(6-17-7-9)12(16)10-5-11(14)19-13(10)15/h4-7,12H,2-3,16H2,1H3. The van der Waals surface area contributed by atoms with E-state index < -0.39 is 0 Å². The third-order valence-corrected chi connectivity index (χ3v) is 4.10. The second kappa shape index (κ2) is 6.57. The first kappa shape index (κ1) is 14.6. The summed E-state index contributed by atoms with van der Waals surface area (Å²) in [6.07, 6.45) is 4.34. The highest BCUT2D eigenvalue weighted by molar-refractivity contribution is 7.20. The lowest BCUT2D eigenvalue weighted by molar-refractivity contribution is 0.315. The number of hydrogen-bond acceptors (Lipinski definition) is 4. The molecule has 102 valence electrons. The third kappa shape index (κ3) is 3.60. The SMILES string of the molecule is CCCOc1cncc(C(N)c2cc(Cl)sc2Cl)c1. The Morgan fingerprint density at radius 1 is 1.37 bits per heavy atom. The largest absolute Gasteiger partial charge is 0.492 e. The first-order valence-corrected chi connectivity index (χ1v) is 7.47. The molecule has 3 nitrogen and oxygen atoms in total. The molecule has 0 fully saturated rings. The lowest BCUT2D eigenvalue weighted by Gasteiger charge is -2.12. The summed E-state index contributed by atoms with van der Waals surface area (Å²) in [5.74, 6) is 0.715. The minimum atomic E-state index is -0.353. The average Bonchev–Trinajstić information content (AvgIpc) is 2.75. The van der Waals surface area contributed by atoms with Crippen LogP contribution in [0.1, 0.15) is 30.5 Å². The monoisotopic (exact) mass is 316 g/mol. The molecule has 2 N–H and O–H groups in total. The Morgan fingerprint density at radius 3 is 2.79 bits per heavy atom. The van der Waals surface area contributed by atoms with Crippen LogP contribution in [0.4, 0.5) is 0 Å². The Kier molecular flexibility index (Phi) is 5.05. The van der Waals surface area contributed by atoms with Gasteiger partial charge in [0.1, 0.15) is 5.75 Å². The van der Waals surface area contributed by atoms with Crippen LogP contribution in [0.3, 0.4) is 0 Å². The molecule has 0 spiro atoms. The fourth-order valence-corrected chi connectivity index (χ4v) is 3.20. The van der Waals surface area contributed by atoms with Crippen LogP contribution < -0.4 is 10.5 Å². The number of rotatable bonds is 5. The topological polar surface area (TPSA) is 48.1 Å². The van der Waals surface area contributed by atoms with Gasteiger partial charge in [0.15, 0.2) is 0 Å². The normalized spacial score (nSPS) is 12.4. The van der Waals surface area contributed by atoms with Crippen molar-refractivity contribution in [2.45, 2.75) is 19.4 Å². The van der Waals surface area contributed by atoms with Crippen molar-refractivity contribution in [2.24, 2.45) is 5.73 Å². The van der Waals surface area contributed by atoms with Gasteiger partial charge in [-0.15, -0.1) is 11.3 Å². The Hall–Kier alpha value is -0.810. The van der Waals surface area contributed by atoms with Crippen LogP contribution in [0.2, 0.25) is 8.67 Å². The van der Waals surface area contributed by atoms with Gasteiger partial charge in [-0.25, -0.2) is 0 Å². The Balaban J connectivity index is 2.23. The molecule has 1 unspecified atom stereocenters. The lowest BCUT2D eigenvalue weighted by Crippen LogP contribution is -2.12. The van der Waals surface area contributed by atoms with Crippen LogP contribution in [-0.2, 0) is 0 Å². The van der Waals surface area contributed by atoms with Gasteiger partial charge in [0.05, 0.1) is 27.5 Å². The summed E-state index contributed by atoms with van der Waals surface area (Å²) in [4.78, 5) is 4.14. The van der Waals surface area contributed by atoms with E-state index in [1.54, 1.807) is 18.5 Å². The van der Waals surface area contributed by atoms with Crippen LogP contribution in [-0.4, -0.2) is 11.6 Å². The molecule has 0 aliphatic heterocycles. The summed E-state index contributed by atoms with van der Waals surface area (Å²) in [5, 5.41) is 0. The molecule has 0 radical (unpaired) electrons. The predicted octanol–water partition coefficient (Wildman–Crippen LogP) is 4.29. The maximum atomic E-state index is 6.20. The van der Waals surface area contributed by atoms with E-state index in [9.17, 15) is 0 Å². The van der Waals surface area contributed by atoms with Gasteiger partial charge in [-0.3, -0.25) is 4.98 Å². The summed E-state index contributed by atoms with van der Waals surface area (Å²) < 4.78 is 6.78. The fourth-order valence-electron chi connectivity index (χ4n) is 1.65. The zero-order chi connectivity index (χ0) is 13.8. The van der Waals surface area contributed by atoms with Crippen molar-refractivity contribution < 1.29 is 4.74 Å². The molecule has 0 aromatic carbocycles. The van der Waals surface area contributed by atoms with Crippen molar-refractivity contribution in [3.8, 4) is 5.75 Å². The maximum absolute atomic E-state index is 6.20. The molecular weight excluding hydrogens is 303 g/mol. The lowest BCUT2D eigenvalue weighted by atomic mass is 10.0. The molecule has 2 rings (SSSR count). The highest BCUT2D eigenvalue weighted by Crippen LogP contribution is 2.36. The number of aromatic nitrogens is 1. The van der Waals surface area contributed by atoms with Crippen molar-refractivity contribution in [2.75, 3.05) is 6.61 Å². The van der Waals surface area contributed by atoms with E-state index in [1.165, 1.54) is 11.3 Å². The van der Waals surface area contributed by atoms with E-state index in [0.29, 0.717) is 21.0 Å². The van der Waals surface area contributed by atoms with Crippen molar-refractivity contribution in [1.29, 1.82) is 0 Å². The highest BCUT2D eigenvalue weighted by Gasteiger charge is 2.16. The molecule has 0 aliphatic carbocycles. The number of ether oxygens (including phenoxy) is 1. The van der Waals surface area contributed by atoms with Crippen molar-refractivity contribution in [1.82, 2.24) is 4.98 Å². The number of nitrogens with zero attached hydrogens (tertiary/aromatic N) is 1. The molecule has 2 aromatic heterocycles. The molecule has 19 heavy (non-hydrogen) atoms. The quantitative estimate of drug-likeness (QED) is 0.895. The molecule has 0 saturated heterocycles. The van der Waals surface area contributed by atoms with Crippen LogP contribution in [0.5, 0.6) is 5.75 Å². The summed E-state index contributed by atoms with van der Waals surface area (Å²) in [7, 11) is 0. The molecule has 1 atom stereocenters. The summed E-state index contributed by atoms with van der Waals surface area (Å²) in [6.45, 7) is 2.71. The smallest absolute Gasteiger partial charge is 0.137 e. The molecule has 2 aromatic rings. The van der Waals surface area contributed by atoms with Crippen LogP contribution in [0.15, 0.2) is 24.5 Å². The van der Waals surface area contributed by atoms with Crippen molar-refractivity contribution in [3.05, 3.63) is 44.3 Å². The van der Waals surface area contributed by atoms with Crippen LogP contribution in [0, 0.1) is 0 Å². The van der Waals surface area contributed by atoms with E-state index in [1.807, 2.05) is 6.07 Å². The van der Waals surface area contributed by atoms with Gasteiger partial charge in [0.2, 0.25) is 0 Å². The van der Waals surface area contributed by atoms with Gasteiger partial charge in [-0.2, -0.15) is 0 Å². The van der Waals surface area contributed by atoms with Gasteiger partial charge in [0.25, 0.3) is 0 Å². The molecular formula is C13H14Cl2N2OS. The second-order valence-electron chi connectivity index (χ2n) is 4.06.